The Bertz CT molecular complexity index is 322. The van der Waals surface area contributed by atoms with Crippen molar-refractivity contribution in [2.75, 3.05) is 13.2 Å². The van der Waals surface area contributed by atoms with Gasteiger partial charge in [-0.3, -0.25) is 0 Å². The average molecular weight is 400 g/mol. The Morgan fingerprint density at radius 3 is 1.58 bits per heavy atom. The zero-order valence-electron chi connectivity index (χ0n) is 17.4. The maximum absolute atomic E-state index is 9.54. The van der Waals surface area contributed by atoms with E-state index in [2.05, 4.69) is 39.9 Å². The quantitative estimate of drug-likeness (QED) is 0.340. The molecule has 1 rings (SSSR count). The summed E-state index contributed by atoms with van der Waals surface area (Å²) < 4.78 is 0. The number of aliphatic hydroxyl groups is 3. The molecule has 0 spiro atoms. The van der Waals surface area contributed by atoms with Gasteiger partial charge in [0.05, 0.1) is 19.3 Å². The molecular formula is C18H42NO6P. The second-order valence-electron chi connectivity index (χ2n) is 8.50. The van der Waals surface area contributed by atoms with Gasteiger partial charge in [0, 0.05) is 16.5 Å². The first-order valence-electron chi connectivity index (χ1n) is 9.34. The molecule has 0 aliphatic carbocycles. The highest BCUT2D eigenvalue weighted by molar-refractivity contribution is 7.38. The lowest BCUT2D eigenvalue weighted by atomic mass is 9.81. The summed E-state index contributed by atoms with van der Waals surface area (Å²) in [6.45, 7) is 12.9. The van der Waals surface area contributed by atoms with Crippen LogP contribution in [0.2, 0.25) is 0 Å². The van der Waals surface area contributed by atoms with Crippen LogP contribution in [0.25, 0.3) is 0 Å². The summed E-state index contributed by atoms with van der Waals surface area (Å²) in [6, 6.07) is 0. The average Bonchev–Trinajstić information content (AvgIpc) is 2.45. The Balaban J connectivity index is 0. The summed E-state index contributed by atoms with van der Waals surface area (Å²) in [7, 11) is -2.62. The zero-order chi connectivity index (χ0) is 21.0. The van der Waals surface area contributed by atoms with Crippen LogP contribution in [0.15, 0.2) is 0 Å². The van der Waals surface area contributed by atoms with Crippen LogP contribution in [-0.2, 0) is 0 Å². The Kier molecular flexibility index (Phi) is 14.6. The standard InChI is InChI=1S/C9H19NO.C9H20O2.H3O3P/c1-8(2)5-7(11)6-9(3,4)10-8;1-3-5-6-9(4-2,7-10)8-11;1-4(2)3/h7,10-11H,5-6H2,1-4H3;10-11H,3-8H2,1-2H3;1-3H. The van der Waals surface area contributed by atoms with Crippen molar-refractivity contribution in [3.8, 4) is 0 Å². The fourth-order valence-corrected chi connectivity index (χ4v) is 3.43. The normalized spacial score (nSPS) is 19.3. The largest absolute Gasteiger partial charge is 0.396 e. The van der Waals surface area contributed by atoms with Gasteiger partial charge in [0.2, 0.25) is 0 Å². The molecule has 0 aromatic heterocycles. The fourth-order valence-electron chi connectivity index (χ4n) is 3.43. The van der Waals surface area contributed by atoms with Gasteiger partial charge in [-0.15, -0.1) is 0 Å². The van der Waals surface area contributed by atoms with Crippen LogP contribution < -0.4 is 5.32 Å². The van der Waals surface area contributed by atoms with Crippen molar-refractivity contribution in [1.29, 1.82) is 0 Å². The molecular weight excluding hydrogens is 357 g/mol. The number of unbranched alkanes of at least 4 members (excludes halogenated alkanes) is 1. The van der Waals surface area contributed by atoms with Crippen molar-refractivity contribution < 1.29 is 30.0 Å². The van der Waals surface area contributed by atoms with Gasteiger partial charge in [0.15, 0.2) is 0 Å². The molecule has 26 heavy (non-hydrogen) atoms. The highest BCUT2D eigenvalue weighted by Crippen LogP contribution is 2.28. The molecule has 8 heteroatoms. The lowest BCUT2D eigenvalue weighted by Gasteiger charge is -2.44. The Hall–Kier alpha value is 0.150. The van der Waals surface area contributed by atoms with Crippen LogP contribution in [0.1, 0.15) is 80.1 Å². The molecule has 1 aliphatic heterocycles. The van der Waals surface area contributed by atoms with E-state index in [0.717, 1.165) is 38.5 Å². The van der Waals surface area contributed by atoms with Crippen LogP contribution in [0.5, 0.6) is 0 Å². The topological polar surface area (TPSA) is 133 Å². The molecule has 0 aromatic carbocycles. The number of piperidine rings is 1. The van der Waals surface area contributed by atoms with Crippen molar-refractivity contribution in [1.82, 2.24) is 5.32 Å². The number of nitrogens with one attached hydrogen (secondary N) is 1. The third kappa shape index (κ3) is 14.2. The summed E-state index contributed by atoms with van der Waals surface area (Å²) in [5.74, 6) is 0. The monoisotopic (exact) mass is 399 g/mol. The molecule has 1 saturated heterocycles. The predicted octanol–water partition coefficient (Wildman–Crippen LogP) is 2.04. The highest BCUT2D eigenvalue weighted by atomic mass is 31.2. The van der Waals surface area contributed by atoms with Crippen molar-refractivity contribution >= 4 is 8.60 Å². The Labute approximate surface area is 160 Å². The smallest absolute Gasteiger partial charge is 0.324 e. The number of hydrogen-bond donors (Lipinski definition) is 7. The van der Waals surface area contributed by atoms with Crippen LogP contribution in [0, 0.1) is 5.41 Å². The van der Waals surface area contributed by atoms with Gasteiger partial charge in [-0.2, -0.15) is 0 Å². The van der Waals surface area contributed by atoms with E-state index in [9.17, 15) is 5.11 Å². The van der Waals surface area contributed by atoms with Gasteiger partial charge < -0.3 is 35.3 Å². The van der Waals surface area contributed by atoms with Gasteiger partial charge in [-0.25, -0.2) is 0 Å². The first kappa shape index (κ1) is 28.4. The van der Waals surface area contributed by atoms with Crippen molar-refractivity contribution in [2.24, 2.45) is 5.41 Å². The van der Waals surface area contributed by atoms with Gasteiger partial charge in [-0.1, -0.05) is 26.7 Å². The summed E-state index contributed by atoms with van der Waals surface area (Å²) in [4.78, 5) is 21.7. The Morgan fingerprint density at radius 2 is 1.35 bits per heavy atom. The van der Waals surface area contributed by atoms with E-state index in [4.69, 9.17) is 24.9 Å². The zero-order valence-corrected chi connectivity index (χ0v) is 18.3. The first-order valence-corrected chi connectivity index (χ1v) is 10.5. The second-order valence-corrected chi connectivity index (χ2v) is 9.03. The molecule has 0 radical (unpaired) electrons. The van der Waals surface area contributed by atoms with E-state index in [0.29, 0.717) is 0 Å². The molecule has 0 bridgehead atoms. The first-order chi connectivity index (χ1) is 11.8. The number of hydrogen-bond acceptors (Lipinski definition) is 7. The summed E-state index contributed by atoms with van der Waals surface area (Å²) in [5, 5.41) is 31.1. The maximum atomic E-state index is 9.54. The van der Waals surface area contributed by atoms with Gasteiger partial charge in [0.25, 0.3) is 0 Å². The third-order valence-corrected chi connectivity index (χ3v) is 4.65. The van der Waals surface area contributed by atoms with Crippen LogP contribution >= 0.6 is 8.60 Å². The van der Waals surface area contributed by atoms with Gasteiger partial charge in [-0.05, 0) is 53.4 Å². The van der Waals surface area contributed by atoms with Gasteiger partial charge >= 0.3 is 8.60 Å². The van der Waals surface area contributed by atoms with Crippen molar-refractivity contribution in [3.05, 3.63) is 0 Å². The van der Waals surface area contributed by atoms with Crippen molar-refractivity contribution in [2.45, 2.75) is 97.2 Å². The predicted molar refractivity (Wildman–Crippen MR) is 107 cm³/mol. The second kappa shape index (κ2) is 13.3. The molecule has 1 heterocycles. The Morgan fingerprint density at radius 1 is 0.962 bits per heavy atom. The molecule has 0 amide bonds. The minimum Gasteiger partial charge on any atom is -0.396 e. The third-order valence-electron chi connectivity index (χ3n) is 4.65. The summed E-state index contributed by atoms with van der Waals surface area (Å²) in [5.41, 5.74) is -0.0433. The minimum atomic E-state index is -2.62. The summed E-state index contributed by atoms with van der Waals surface area (Å²) in [6.07, 6.45) is 5.59. The molecule has 7 N–H and O–H groups in total. The van der Waals surface area contributed by atoms with E-state index >= 15 is 0 Å². The molecule has 0 aromatic rings. The van der Waals surface area contributed by atoms with E-state index < -0.39 is 8.60 Å². The van der Waals surface area contributed by atoms with E-state index in [1.807, 2.05) is 6.92 Å². The molecule has 7 nitrogen and oxygen atoms in total. The molecule has 1 aliphatic rings. The van der Waals surface area contributed by atoms with E-state index in [-0.39, 0.29) is 35.8 Å². The number of rotatable bonds is 6. The highest BCUT2D eigenvalue weighted by Gasteiger charge is 2.36. The van der Waals surface area contributed by atoms with Crippen molar-refractivity contribution in [3.63, 3.8) is 0 Å². The van der Waals surface area contributed by atoms with Crippen LogP contribution in [-0.4, -0.2) is 60.4 Å². The maximum Gasteiger partial charge on any atom is 0.324 e. The summed E-state index contributed by atoms with van der Waals surface area (Å²) >= 11 is 0. The molecule has 160 valence electrons. The minimum absolute atomic E-state index is 0.0845. The van der Waals surface area contributed by atoms with E-state index in [1.54, 1.807) is 0 Å². The van der Waals surface area contributed by atoms with Crippen LogP contribution in [0.4, 0.5) is 0 Å². The van der Waals surface area contributed by atoms with E-state index in [1.165, 1.54) is 0 Å². The fraction of sp³-hybridized carbons (Fsp3) is 1.00. The molecule has 0 saturated carbocycles. The SMILES string of the molecule is CC1(C)CC(O)CC(C)(C)N1.CCCCC(CC)(CO)CO.OP(O)O. The molecule has 0 unspecified atom stereocenters. The lowest BCUT2D eigenvalue weighted by Crippen LogP contribution is -2.59. The van der Waals surface area contributed by atoms with Gasteiger partial charge in [0.1, 0.15) is 0 Å². The molecule has 0 atom stereocenters. The van der Waals surface area contributed by atoms with Crippen LogP contribution in [0.3, 0.4) is 0 Å². The molecule has 1 fully saturated rings. The lowest BCUT2D eigenvalue weighted by molar-refractivity contribution is 0.0395. The number of aliphatic hydroxyl groups excluding tert-OH is 3.